The van der Waals surface area contributed by atoms with Crippen molar-refractivity contribution < 1.29 is 13.9 Å². The fourth-order valence-corrected chi connectivity index (χ4v) is 6.53. The van der Waals surface area contributed by atoms with Crippen LogP contribution in [0.5, 0.6) is 5.75 Å². The molecule has 0 unspecified atom stereocenters. The van der Waals surface area contributed by atoms with Gasteiger partial charge >= 0.3 is 0 Å². The largest absolute Gasteiger partial charge is 0.493 e. The molecule has 0 radical (unpaired) electrons. The molecule has 0 saturated carbocycles. The Labute approximate surface area is 264 Å². The number of hydrogen-bond acceptors (Lipinski definition) is 6. The van der Waals surface area contributed by atoms with Crippen LogP contribution in [0.15, 0.2) is 60.7 Å². The van der Waals surface area contributed by atoms with Gasteiger partial charge in [0, 0.05) is 49.9 Å². The van der Waals surface area contributed by atoms with E-state index in [9.17, 15) is 9.18 Å². The second-order valence-corrected chi connectivity index (χ2v) is 12.1. The third kappa shape index (κ3) is 7.77. The first kappa shape index (κ1) is 31.9. The minimum absolute atomic E-state index is 0.0231. The van der Waals surface area contributed by atoms with E-state index in [1.165, 1.54) is 11.6 Å². The lowest BCUT2D eigenvalue weighted by molar-refractivity contribution is -0.136. The van der Waals surface area contributed by atoms with Crippen molar-refractivity contribution >= 4 is 17.5 Å². The average Bonchev–Trinajstić information content (AvgIpc) is 3.05. The molecule has 0 aromatic heterocycles. The molecule has 0 aliphatic carbocycles. The Kier molecular flexibility index (Phi) is 10.9. The molecule has 3 aromatic rings. The van der Waals surface area contributed by atoms with Gasteiger partial charge in [-0.15, -0.1) is 0 Å². The van der Waals surface area contributed by atoms with Crippen molar-refractivity contribution in [3.63, 3.8) is 0 Å². The van der Waals surface area contributed by atoms with Crippen LogP contribution in [0, 0.1) is 23.1 Å². The number of halogens is 2. The summed E-state index contributed by atoms with van der Waals surface area (Å²) in [7, 11) is 0. The first-order valence-electron chi connectivity index (χ1n) is 15.5. The molecule has 232 valence electrons. The Morgan fingerprint density at radius 3 is 2.45 bits per heavy atom. The van der Waals surface area contributed by atoms with Gasteiger partial charge in [-0.05, 0) is 98.3 Å². The molecule has 2 saturated heterocycles. The molecule has 1 atom stereocenters. The molecule has 0 bridgehead atoms. The minimum Gasteiger partial charge on any atom is -0.493 e. The smallest absolute Gasteiger partial charge is 0.239 e. The number of carbonyl (C=O) groups excluding carboxylic acids is 1. The normalized spacial score (nSPS) is 17.3. The molecule has 9 heteroatoms. The van der Waals surface area contributed by atoms with Gasteiger partial charge in [-0.2, -0.15) is 5.26 Å². The van der Waals surface area contributed by atoms with Crippen LogP contribution in [0.25, 0.3) is 11.1 Å². The van der Waals surface area contributed by atoms with Crippen LogP contribution in [0.4, 0.5) is 4.39 Å². The van der Waals surface area contributed by atoms with Crippen molar-refractivity contribution in [2.75, 3.05) is 52.4 Å². The Bertz CT molecular complexity index is 1460. The average molecular weight is 618 g/mol. The molecule has 0 spiro atoms. The maximum atomic E-state index is 14.5. The van der Waals surface area contributed by atoms with E-state index in [-0.39, 0.29) is 17.6 Å². The van der Waals surface area contributed by atoms with E-state index < -0.39 is 6.04 Å². The van der Waals surface area contributed by atoms with Gasteiger partial charge in [0.2, 0.25) is 5.91 Å². The molecule has 2 aliphatic heterocycles. The molecule has 7 nitrogen and oxygen atoms in total. The number of amides is 1. The Hall–Kier alpha value is -3.48. The summed E-state index contributed by atoms with van der Waals surface area (Å²) in [6.07, 6.45) is 2.63. The second kappa shape index (κ2) is 15.0. The number of piperazine rings is 1. The summed E-state index contributed by atoms with van der Waals surface area (Å²) in [4.78, 5) is 19.8. The third-order valence-electron chi connectivity index (χ3n) is 8.96. The van der Waals surface area contributed by atoms with Crippen LogP contribution in [0.3, 0.4) is 0 Å². The van der Waals surface area contributed by atoms with E-state index in [1.807, 2.05) is 54.3 Å². The van der Waals surface area contributed by atoms with Crippen LogP contribution in [-0.4, -0.2) is 79.1 Å². The first-order valence-corrected chi connectivity index (χ1v) is 15.9. The van der Waals surface area contributed by atoms with Crippen molar-refractivity contribution in [2.24, 2.45) is 11.7 Å². The topological polar surface area (TPSA) is 85.8 Å². The van der Waals surface area contributed by atoms with Crippen LogP contribution >= 0.6 is 11.6 Å². The fraction of sp³-hybridized carbons (Fsp3) is 0.429. The predicted molar refractivity (Wildman–Crippen MR) is 172 cm³/mol. The highest BCUT2D eigenvalue weighted by Crippen LogP contribution is 2.29. The summed E-state index contributed by atoms with van der Waals surface area (Å²) in [6.45, 7) is 8.05. The van der Waals surface area contributed by atoms with Crippen LogP contribution in [-0.2, 0) is 17.8 Å². The molecule has 3 aromatic carbocycles. The van der Waals surface area contributed by atoms with Gasteiger partial charge in [0.15, 0.2) is 0 Å². The summed E-state index contributed by atoms with van der Waals surface area (Å²) in [5.74, 6) is 0.500. The Morgan fingerprint density at radius 1 is 1.05 bits per heavy atom. The summed E-state index contributed by atoms with van der Waals surface area (Å²) < 4.78 is 20.2. The SMILES string of the molecule is CCOc1cccc(F)c1CN1CCN(C(=O)[C@H](N)C2CCN(CCc3cc(Cl)ccc3-c3ccc(C#N)cc3)CC2)CC1. The Balaban J connectivity index is 1.09. The highest BCUT2D eigenvalue weighted by atomic mass is 35.5. The lowest BCUT2D eigenvalue weighted by atomic mass is 9.88. The molecular formula is C35H41ClFN5O2. The number of rotatable bonds is 10. The molecular weight excluding hydrogens is 577 g/mol. The molecule has 44 heavy (non-hydrogen) atoms. The van der Waals surface area contributed by atoms with Crippen LogP contribution in [0.2, 0.25) is 5.02 Å². The van der Waals surface area contributed by atoms with E-state index in [4.69, 9.17) is 27.3 Å². The van der Waals surface area contributed by atoms with Crippen molar-refractivity contribution in [3.05, 3.63) is 88.2 Å². The zero-order valence-electron chi connectivity index (χ0n) is 25.4. The number of likely N-dealkylation sites (tertiary alicyclic amines) is 1. The predicted octanol–water partition coefficient (Wildman–Crippen LogP) is 5.34. The maximum absolute atomic E-state index is 14.5. The van der Waals surface area contributed by atoms with E-state index in [0.717, 1.165) is 50.0 Å². The van der Waals surface area contributed by atoms with Crippen molar-refractivity contribution in [1.82, 2.24) is 14.7 Å². The summed E-state index contributed by atoms with van der Waals surface area (Å²) in [5.41, 5.74) is 11.2. The van der Waals surface area contributed by atoms with Gasteiger partial charge in [-0.1, -0.05) is 35.9 Å². The van der Waals surface area contributed by atoms with Crippen molar-refractivity contribution in [3.8, 4) is 22.9 Å². The number of nitrogens with two attached hydrogens (primary N) is 1. The highest BCUT2D eigenvalue weighted by molar-refractivity contribution is 6.30. The molecule has 1 amide bonds. The molecule has 5 rings (SSSR count). The first-order chi connectivity index (χ1) is 21.4. The van der Waals surface area contributed by atoms with E-state index >= 15 is 0 Å². The zero-order chi connectivity index (χ0) is 31.1. The number of nitrogens with zero attached hydrogens (tertiary/aromatic N) is 4. The van der Waals surface area contributed by atoms with E-state index in [1.54, 1.807) is 12.1 Å². The van der Waals surface area contributed by atoms with Gasteiger partial charge < -0.3 is 20.3 Å². The van der Waals surface area contributed by atoms with Crippen molar-refractivity contribution in [1.29, 1.82) is 5.26 Å². The van der Waals surface area contributed by atoms with Gasteiger partial charge in [-0.3, -0.25) is 9.69 Å². The Morgan fingerprint density at radius 2 is 1.77 bits per heavy atom. The monoisotopic (exact) mass is 617 g/mol. The minimum atomic E-state index is -0.504. The molecule has 2 N–H and O–H groups in total. The summed E-state index contributed by atoms with van der Waals surface area (Å²) >= 11 is 6.36. The van der Waals surface area contributed by atoms with Gasteiger partial charge in [0.25, 0.3) is 0 Å². The van der Waals surface area contributed by atoms with Crippen molar-refractivity contribution in [2.45, 2.75) is 38.8 Å². The number of benzene rings is 3. The fourth-order valence-electron chi connectivity index (χ4n) is 6.33. The summed E-state index contributed by atoms with van der Waals surface area (Å²) in [5, 5.41) is 9.85. The van der Waals surface area contributed by atoms with Crippen LogP contribution in [0.1, 0.15) is 36.5 Å². The quantitative estimate of drug-likeness (QED) is 0.330. The number of ether oxygens (including phenoxy) is 1. The number of hydrogen-bond donors (Lipinski definition) is 1. The maximum Gasteiger partial charge on any atom is 0.239 e. The van der Waals surface area contributed by atoms with Crippen LogP contribution < -0.4 is 10.5 Å². The molecule has 2 heterocycles. The third-order valence-corrected chi connectivity index (χ3v) is 9.19. The molecule has 2 fully saturated rings. The van der Waals surface area contributed by atoms with E-state index in [2.05, 4.69) is 15.9 Å². The van der Waals surface area contributed by atoms with Gasteiger partial charge in [0.1, 0.15) is 11.6 Å². The highest BCUT2D eigenvalue weighted by Gasteiger charge is 2.33. The van der Waals surface area contributed by atoms with Gasteiger partial charge in [0.05, 0.1) is 24.3 Å². The number of nitriles is 1. The second-order valence-electron chi connectivity index (χ2n) is 11.7. The lowest BCUT2D eigenvalue weighted by Crippen LogP contribution is -2.55. The van der Waals surface area contributed by atoms with Gasteiger partial charge in [-0.25, -0.2) is 4.39 Å². The summed E-state index contributed by atoms with van der Waals surface area (Å²) in [6, 6.07) is 20.2. The standard InChI is InChI=1S/C35H41ClFN5O2/c1-2-44-33-5-3-4-32(37)31(33)24-41-18-20-42(21-19-41)35(43)34(39)27-12-15-40(16-13-27)17-14-28-22-29(36)10-11-30(28)26-8-6-25(23-38)7-9-26/h3-11,22,27,34H,2,12-21,24,39H2,1H3/t34-/m1/s1. The lowest BCUT2D eigenvalue weighted by Gasteiger charge is -2.39. The number of piperidine rings is 1. The van der Waals surface area contributed by atoms with E-state index in [0.29, 0.717) is 61.2 Å². The number of carbonyl (C=O) groups is 1. The molecule has 2 aliphatic rings. The zero-order valence-corrected chi connectivity index (χ0v) is 26.1.